The molecular formula is C34H42ClF. The first kappa shape index (κ1) is 26.9. The summed E-state index contributed by atoms with van der Waals surface area (Å²) in [6.07, 6.45) is 15.4. The Bertz CT molecular complexity index is 1050. The van der Waals surface area contributed by atoms with Crippen LogP contribution in [0, 0.1) is 17.7 Å². The van der Waals surface area contributed by atoms with Crippen molar-refractivity contribution in [3.05, 3.63) is 105 Å². The second-order valence-corrected chi connectivity index (χ2v) is 11.4. The third kappa shape index (κ3) is 8.48. The van der Waals surface area contributed by atoms with Crippen LogP contribution in [0.1, 0.15) is 86.1 Å². The van der Waals surface area contributed by atoms with Gasteiger partial charge < -0.3 is 0 Å². The second kappa shape index (κ2) is 14.0. The zero-order chi connectivity index (χ0) is 25.2. The van der Waals surface area contributed by atoms with Crippen LogP contribution in [0.3, 0.4) is 0 Å². The molecule has 1 aliphatic carbocycles. The molecule has 0 amide bonds. The molecule has 0 bridgehead atoms. The highest BCUT2D eigenvalue weighted by Gasteiger charge is 2.21. The first-order valence-electron chi connectivity index (χ1n) is 14.2. The fourth-order valence-electron chi connectivity index (χ4n) is 5.68. The molecule has 0 N–H and O–H groups in total. The maximum Gasteiger partial charge on any atom is 0.126 e. The molecule has 0 saturated heterocycles. The standard InChI is InChI=1S/C34H42ClF/c1-2-3-4-26-5-7-27(8-6-26)9-10-28-11-13-29(14-12-28)15-16-31-18-22-32(34(36)25-31)21-17-30-19-23-33(35)24-20-30/h5-8,18-20,22-25,28-29H,2-4,9-17,21H2,1H3/t28-,29-. The maximum absolute atomic E-state index is 14.7. The summed E-state index contributed by atoms with van der Waals surface area (Å²) in [6.45, 7) is 2.26. The van der Waals surface area contributed by atoms with Gasteiger partial charge in [-0.25, -0.2) is 4.39 Å². The molecule has 0 unspecified atom stereocenters. The quantitative estimate of drug-likeness (QED) is 0.230. The molecule has 3 aromatic carbocycles. The summed E-state index contributed by atoms with van der Waals surface area (Å²) in [5, 5.41) is 0.742. The molecule has 192 valence electrons. The number of benzene rings is 3. The SMILES string of the molecule is CCCCc1ccc(CC[C@H]2CC[C@H](CCc3ccc(CCc4ccc(Cl)cc4)c(F)c3)CC2)cc1. The van der Waals surface area contributed by atoms with Gasteiger partial charge in [0, 0.05) is 5.02 Å². The van der Waals surface area contributed by atoms with Crippen LogP contribution in [0.2, 0.25) is 5.02 Å². The van der Waals surface area contributed by atoms with Gasteiger partial charge in [0.25, 0.3) is 0 Å². The van der Waals surface area contributed by atoms with E-state index in [1.807, 2.05) is 30.3 Å². The average Bonchev–Trinajstić information content (AvgIpc) is 2.91. The van der Waals surface area contributed by atoms with Gasteiger partial charge in [-0.1, -0.05) is 99.2 Å². The van der Waals surface area contributed by atoms with Crippen molar-refractivity contribution < 1.29 is 4.39 Å². The van der Waals surface area contributed by atoms with Gasteiger partial charge in [0.1, 0.15) is 5.82 Å². The average molecular weight is 505 g/mol. The number of hydrogen-bond acceptors (Lipinski definition) is 0. The van der Waals surface area contributed by atoms with Crippen LogP contribution < -0.4 is 0 Å². The van der Waals surface area contributed by atoms with Crippen LogP contribution in [-0.4, -0.2) is 0 Å². The minimum atomic E-state index is -0.0523. The van der Waals surface area contributed by atoms with Gasteiger partial charge in [0.05, 0.1) is 0 Å². The molecule has 1 aliphatic rings. The molecule has 36 heavy (non-hydrogen) atoms. The molecule has 0 radical (unpaired) electrons. The van der Waals surface area contributed by atoms with Crippen LogP contribution in [-0.2, 0) is 32.1 Å². The summed E-state index contributed by atoms with van der Waals surface area (Å²) in [7, 11) is 0. The van der Waals surface area contributed by atoms with E-state index in [1.165, 1.54) is 80.9 Å². The van der Waals surface area contributed by atoms with E-state index in [-0.39, 0.29) is 5.82 Å². The zero-order valence-corrected chi connectivity index (χ0v) is 22.7. The molecular weight excluding hydrogens is 463 g/mol. The van der Waals surface area contributed by atoms with E-state index in [1.54, 1.807) is 6.07 Å². The number of aryl methyl sites for hydroxylation is 5. The summed E-state index contributed by atoms with van der Waals surface area (Å²) < 4.78 is 14.7. The van der Waals surface area contributed by atoms with Crippen molar-refractivity contribution in [1.82, 2.24) is 0 Å². The lowest BCUT2D eigenvalue weighted by molar-refractivity contribution is 0.253. The summed E-state index contributed by atoms with van der Waals surface area (Å²) in [6, 6.07) is 23.1. The largest absolute Gasteiger partial charge is 0.207 e. The maximum atomic E-state index is 14.7. The Morgan fingerprint density at radius 3 is 1.72 bits per heavy atom. The second-order valence-electron chi connectivity index (χ2n) is 10.9. The molecule has 0 spiro atoms. The van der Waals surface area contributed by atoms with Crippen molar-refractivity contribution >= 4 is 11.6 Å². The van der Waals surface area contributed by atoms with Crippen LogP contribution in [0.4, 0.5) is 4.39 Å². The van der Waals surface area contributed by atoms with Crippen LogP contribution >= 0.6 is 11.6 Å². The Kier molecular flexibility index (Phi) is 10.5. The summed E-state index contributed by atoms with van der Waals surface area (Å²) >= 11 is 5.96. The molecule has 0 atom stereocenters. The highest BCUT2D eigenvalue weighted by Crippen LogP contribution is 2.34. The van der Waals surface area contributed by atoms with E-state index in [0.29, 0.717) is 0 Å². The number of halogens is 2. The fourth-order valence-corrected chi connectivity index (χ4v) is 5.81. The topological polar surface area (TPSA) is 0 Å². The molecule has 2 heteroatoms. The van der Waals surface area contributed by atoms with Gasteiger partial charge in [-0.05, 0) is 109 Å². The molecule has 4 rings (SSSR count). The number of unbranched alkanes of at least 4 members (excludes halogenated alkanes) is 1. The highest BCUT2D eigenvalue weighted by molar-refractivity contribution is 6.30. The van der Waals surface area contributed by atoms with E-state index < -0.39 is 0 Å². The van der Waals surface area contributed by atoms with Gasteiger partial charge >= 0.3 is 0 Å². The Hall–Kier alpha value is -2.12. The van der Waals surface area contributed by atoms with Crippen molar-refractivity contribution in [3.8, 4) is 0 Å². The van der Waals surface area contributed by atoms with Crippen LogP contribution in [0.15, 0.2) is 66.7 Å². The molecule has 0 nitrogen and oxygen atoms in total. The predicted octanol–water partition coefficient (Wildman–Crippen LogP) is 9.98. The third-order valence-corrected chi connectivity index (χ3v) is 8.46. The Labute approximate surface area is 223 Å². The van der Waals surface area contributed by atoms with Crippen molar-refractivity contribution in [2.45, 2.75) is 90.4 Å². The molecule has 1 fully saturated rings. The predicted molar refractivity (Wildman–Crippen MR) is 152 cm³/mol. The van der Waals surface area contributed by atoms with Crippen molar-refractivity contribution in [1.29, 1.82) is 0 Å². The summed E-state index contributed by atoms with van der Waals surface area (Å²) in [5.74, 6) is 1.62. The third-order valence-electron chi connectivity index (χ3n) is 8.20. The van der Waals surface area contributed by atoms with E-state index in [4.69, 9.17) is 11.6 Å². The Morgan fingerprint density at radius 1 is 0.639 bits per heavy atom. The van der Waals surface area contributed by atoms with Crippen LogP contribution in [0.25, 0.3) is 0 Å². The molecule has 1 saturated carbocycles. The van der Waals surface area contributed by atoms with Gasteiger partial charge in [0.15, 0.2) is 0 Å². The Morgan fingerprint density at radius 2 is 1.14 bits per heavy atom. The minimum absolute atomic E-state index is 0.0523. The van der Waals surface area contributed by atoms with Crippen LogP contribution in [0.5, 0.6) is 0 Å². The zero-order valence-electron chi connectivity index (χ0n) is 22.0. The van der Waals surface area contributed by atoms with Crippen molar-refractivity contribution in [2.75, 3.05) is 0 Å². The normalized spacial score (nSPS) is 17.9. The van der Waals surface area contributed by atoms with E-state index >= 15 is 0 Å². The monoisotopic (exact) mass is 504 g/mol. The number of rotatable bonds is 12. The summed E-state index contributed by atoms with van der Waals surface area (Å²) in [4.78, 5) is 0. The van der Waals surface area contributed by atoms with Gasteiger partial charge in [-0.15, -0.1) is 0 Å². The van der Waals surface area contributed by atoms with E-state index in [0.717, 1.165) is 47.2 Å². The summed E-state index contributed by atoms with van der Waals surface area (Å²) in [5.41, 5.74) is 6.13. The first-order chi connectivity index (χ1) is 17.6. The van der Waals surface area contributed by atoms with E-state index in [9.17, 15) is 4.39 Å². The molecule has 3 aromatic rings. The number of hydrogen-bond donors (Lipinski definition) is 0. The fraction of sp³-hybridized carbons (Fsp3) is 0.471. The van der Waals surface area contributed by atoms with Gasteiger partial charge in [0.2, 0.25) is 0 Å². The minimum Gasteiger partial charge on any atom is -0.207 e. The van der Waals surface area contributed by atoms with Gasteiger partial charge in [-0.2, -0.15) is 0 Å². The lowest BCUT2D eigenvalue weighted by Gasteiger charge is -2.28. The Balaban J connectivity index is 1.15. The lowest BCUT2D eigenvalue weighted by Crippen LogP contribution is -2.16. The molecule has 0 aliphatic heterocycles. The van der Waals surface area contributed by atoms with Crippen molar-refractivity contribution in [3.63, 3.8) is 0 Å². The van der Waals surface area contributed by atoms with Crippen molar-refractivity contribution in [2.24, 2.45) is 11.8 Å². The van der Waals surface area contributed by atoms with E-state index in [2.05, 4.69) is 37.3 Å². The smallest absolute Gasteiger partial charge is 0.126 e. The molecule has 0 aromatic heterocycles. The molecule has 0 heterocycles. The first-order valence-corrected chi connectivity index (χ1v) is 14.6. The highest BCUT2D eigenvalue weighted by atomic mass is 35.5. The van der Waals surface area contributed by atoms with Gasteiger partial charge in [-0.3, -0.25) is 0 Å². The lowest BCUT2D eigenvalue weighted by atomic mass is 9.77.